The quantitative estimate of drug-likeness (QED) is 0.718. The summed E-state index contributed by atoms with van der Waals surface area (Å²) in [6.07, 6.45) is 0. The van der Waals surface area contributed by atoms with Crippen LogP contribution in [0.1, 0.15) is 25.5 Å². The van der Waals surface area contributed by atoms with Crippen LogP contribution in [0.25, 0.3) is 0 Å². The van der Waals surface area contributed by atoms with Crippen molar-refractivity contribution in [1.29, 1.82) is 0 Å². The third kappa shape index (κ3) is 2.36. The van der Waals surface area contributed by atoms with Gasteiger partial charge in [0.25, 0.3) is 0 Å². The van der Waals surface area contributed by atoms with E-state index in [4.69, 9.17) is 23.1 Å². The first-order valence-electron chi connectivity index (χ1n) is 4.33. The molecule has 4 N–H and O–H groups in total. The van der Waals surface area contributed by atoms with Gasteiger partial charge in [-0.2, -0.15) is 0 Å². The molecule has 0 aliphatic heterocycles. The zero-order chi connectivity index (χ0) is 10.0. The highest BCUT2D eigenvalue weighted by atomic mass is 35.5. The van der Waals surface area contributed by atoms with E-state index >= 15 is 0 Å². The smallest absolute Gasteiger partial charge is 0.0474 e. The molecule has 0 saturated carbocycles. The molecular weight excluding hydrogens is 184 g/mol. The van der Waals surface area contributed by atoms with Crippen molar-refractivity contribution in [2.45, 2.75) is 19.9 Å². The fourth-order valence-corrected chi connectivity index (χ4v) is 1.49. The monoisotopic (exact) mass is 198 g/mol. The Bertz CT molecular complexity index is 297. The van der Waals surface area contributed by atoms with E-state index in [1.165, 1.54) is 0 Å². The summed E-state index contributed by atoms with van der Waals surface area (Å²) in [4.78, 5) is 0. The van der Waals surface area contributed by atoms with Crippen LogP contribution in [0.4, 0.5) is 5.69 Å². The average Bonchev–Trinajstić information content (AvgIpc) is 2.03. The summed E-state index contributed by atoms with van der Waals surface area (Å²) in [6.45, 7) is 4.13. The summed E-state index contributed by atoms with van der Waals surface area (Å²) >= 11 is 6.01. The highest BCUT2D eigenvalue weighted by Crippen LogP contribution is 2.27. The molecule has 1 aromatic carbocycles. The summed E-state index contributed by atoms with van der Waals surface area (Å²) < 4.78 is 0. The Labute approximate surface area is 83.9 Å². The van der Waals surface area contributed by atoms with Crippen molar-refractivity contribution in [2.24, 2.45) is 11.7 Å². The zero-order valence-electron chi connectivity index (χ0n) is 7.92. The number of nitrogen functional groups attached to an aromatic ring is 1. The van der Waals surface area contributed by atoms with Crippen LogP contribution in [0.5, 0.6) is 0 Å². The average molecular weight is 199 g/mol. The summed E-state index contributed by atoms with van der Waals surface area (Å²) in [6, 6.07) is 5.43. The normalized spacial score (nSPS) is 13.3. The predicted molar refractivity (Wildman–Crippen MR) is 57.6 cm³/mol. The fourth-order valence-electron chi connectivity index (χ4n) is 1.17. The molecule has 0 fully saturated rings. The van der Waals surface area contributed by atoms with Crippen molar-refractivity contribution in [3.8, 4) is 0 Å². The van der Waals surface area contributed by atoms with E-state index in [1.54, 1.807) is 6.07 Å². The Morgan fingerprint density at radius 2 is 1.92 bits per heavy atom. The van der Waals surface area contributed by atoms with Crippen molar-refractivity contribution < 1.29 is 0 Å². The van der Waals surface area contributed by atoms with E-state index < -0.39 is 0 Å². The van der Waals surface area contributed by atoms with Crippen LogP contribution in [0.2, 0.25) is 5.02 Å². The molecule has 0 spiro atoms. The van der Waals surface area contributed by atoms with Gasteiger partial charge in [-0.15, -0.1) is 0 Å². The molecule has 0 saturated heterocycles. The standard InChI is InChI=1S/C10H15ClN2/c1-6(2)10(13)8-4-3-7(12)5-9(8)11/h3-6,10H,12-13H2,1-2H3. The van der Waals surface area contributed by atoms with Gasteiger partial charge in [0.15, 0.2) is 0 Å². The second kappa shape index (κ2) is 3.99. The van der Waals surface area contributed by atoms with Gasteiger partial charge in [0.05, 0.1) is 0 Å². The lowest BCUT2D eigenvalue weighted by molar-refractivity contribution is 0.514. The number of hydrogen-bond donors (Lipinski definition) is 2. The number of rotatable bonds is 2. The topological polar surface area (TPSA) is 52.0 Å². The molecule has 2 nitrogen and oxygen atoms in total. The van der Waals surface area contributed by atoms with Gasteiger partial charge in [0.2, 0.25) is 0 Å². The lowest BCUT2D eigenvalue weighted by atomic mass is 9.97. The summed E-state index contributed by atoms with van der Waals surface area (Å²) in [7, 11) is 0. The Morgan fingerprint density at radius 1 is 1.31 bits per heavy atom. The Kier molecular flexibility index (Phi) is 3.17. The first kappa shape index (κ1) is 10.4. The first-order chi connectivity index (χ1) is 6.02. The number of benzene rings is 1. The highest BCUT2D eigenvalue weighted by Gasteiger charge is 2.13. The highest BCUT2D eigenvalue weighted by molar-refractivity contribution is 6.31. The molecular formula is C10H15ClN2. The largest absolute Gasteiger partial charge is 0.399 e. The second-order valence-corrected chi connectivity index (χ2v) is 3.96. The molecule has 13 heavy (non-hydrogen) atoms. The minimum Gasteiger partial charge on any atom is -0.399 e. The van der Waals surface area contributed by atoms with Crippen LogP contribution in [0.3, 0.4) is 0 Å². The number of anilines is 1. The number of hydrogen-bond acceptors (Lipinski definition) is 2. The van der Waals surface area contributed by atoms with Crippen molar-refractivity contribution >= 4 is 17.3 Å². The van der Waals surface area contributed by atoms with Gasteiger partial charge in [-0.3, -0.25) is 0 Å². The maximum atomic E-state index is 6.01. The van der Waals surface area contributed by atoms with Crippen LogP contribution in [0, 0.1) is 5.92 Å². The Balaban J connectivity index is 3.01. The first-order valence-corrected chi connectivity index (χ1v) is 4.70. The van der Waals surface area contributed by atoms with Gasteiger partial charge in [-0.1, -0.05) is 31.5 Å². The van der Waals surface area contributed by atoms with Crippen molar-refractivity contribution in [3.63, 3.8) is 0 Å². The van der Waals surface area contributed by atoms with Crippen LogP contribution >= 0.6 is 11.6 Å². The molecule has 1 unspecified atom stereocenters. The molecule has 72 valence electrons. The van der Waals surface area contributed by atoms with Gasteiger partial charge >= 0.3 is 0 Å². The maximum absolute atomic E-state index is 6.01. The number of halogens is 1. The molecule has 0 radical (unpaired) electrons. The molecule has 1 aromatic rings. The number of nitrogens with two attached hydrogens (primary N) is 2. The predicted octanol–water partition coefficient (Wildman–Crippen LogP) is 2.58. The van der Waals surface area contributed by atoms with Gasteiger partial charge in [0.1, 0.15) is 0 Å². The molecule has 0 bridgehead atoms. The summed E-state index contributed by atoms with van der Waals surface area (Å²) in [5.74, 6) is 0.376. The van der Waals surface area contributed by atoms with Gasteiger partial charge < -0.3 is 11.5 Å². The molecule has 0 aliphatic rings. The van der Waals surface area contributed by atoms with E-state index in [0.717, 1.165) is 5.56 Å². The van der Waals surface area contributed by atoms with Gasteiger partial charge in [-0.05, 0) is 23.6 Å². The third-order valence-electron chi connectivity index (χ3n) is 2.10. The van der Waals surface area contributed by atoms with E-state index in [2.05, 4.69) is 13.8 Å². The lowest BCUT2D eigenvalue weighted by Gasteiger charge is -2.17. The van der Waals surface area contributed by atoms with Crippen molar-refractivity contribution in [2.75, 3.05) is 5.73 Å². The summed E-state index contributed by atoms with van der Waals surface area (Å²) in [5.41, 5.74) is 13.2. The SMILES string of the molecule is CC(C)C(N)c1ccc(N)cc1Cl. The van der Waals surface area contributed by atoms with Crippen molar-refractivity contribution in [3.05, 3.63) is 28.8 Å². The minimum atomic E-state index is -0.0203. The molecule has 0 aliphatic carbocycles. The Morgan fingerprint density at radius 3 is 2.38 bits per heavy atom. The molecule has 0 amide bonds. The van der Waals surface area contributed by atoms with E-state index in [1.807, 2.05) is 12.1 Å². The van der Waals surface area contributed by atoms with E-state index in [-0.39, 0.29) is 6.04 Å². The van der Waals surface area contributed by atoms with Crippen LogP contribution in [-0.2, 0) is 0 Å². The maximum Gasteiger partial charge on any atom is 0.0474 e. The molecule has 1 atom stereocenters. The lowest BCUT2D eigenvalue weighted by Crippen LogP contribution is -2.17. The van der Waals surface area contributed by atoms with Crippen LogP contribution in [-0.4, -0.2) is 0 Å². The van der Waals surface area contributed by atoms with Crippen molar-refractivity contribution in [1.82, 2.24) is 0 Å². The zero-order valence-corrected chi connectivity index (χ0v) is 8.68. The van der Waals surface area contributed by atoms with Gasteiger partial charge in [0, 0.05) is 16.8 Å². The van der Waals surface area contributed by atoms with E-state index in [9.17, 15) is 0 Å². The third-order valence-corrected chi connectivity index (χ3v) is 2.43. The minimum absolute atomic E-state index is 0.0203. The summed E-state index contributed by atoms with van der Waals surface area (Å²) in [5, 5.41) is 0.654. The van der Waals surface area contributed by atoms with Gasteiger partial charge in [-0.25, -0.2) is 0 Å². The molecule has 0 aromatic heterocycles. The molecule has 0 heterocycles. The van der Waals surface area contributed by atoms with E-state index in [0.29, 0.717) is 16.6 Å². The fraction of sp³-hybridized carbons (Fsp3) is 0.400. The second-order valence-electron chi connectivity index (χ2n) is 3.55. The molecule has 1 rings (SSSR count). The van der Waals surface area contributed by atoms with Crippen LogP contribution in [0.15, 0.2) is 18.2 Å². The Hall–Kier alpha value is -0.730. The van der Waals surface area contributed by atoms with Crippen LogP contribution < -0.4 is 11.5 Å². The molecule has 3 heteroatoms.